The van der Waals surface area contributed by atoms with Gasteiger partial charge in [-0.15, -0.1) is 0 Å². The minimum atomic E-state index is -0.942. The maximum absolute atomic E-state index is 13.0. The van der Waals surface area contributed by atoms with E-state index in [4.69, 9.17) is 9.47 Å². The third-order valence-corrected chi connectivity index (χ3v) is 5.94. The summed E-state index contributed by atoms with van der Waals surface area (Å²) in [4.78, 5) is 25.7. The molecule has 0 aromatic heterocycles. The molecule has 0 saturated heterocycles. The van der Waals surface area contributed by atoms with Crippen LogP contribution >= 0.6 is 0 Å². The van der Waals surface area contributed by atoms with Crippen LogP contribution in [0.1, 0.15) is 67.3 Å². The molecule has 2 aliphatic rings. The number of Topliss-reactive ketones (excluding diaryl/α,β-unsaturated/α-hetero) is 2. The first kappa shape index (κ1) is 20.1. The van der Waals surface area contributed by atoms with Crippen molar-refractivity contribution in [1.29, 1.82) is 0 Å². The number of ether oxygens (including phenoxy) is 2. The van der Waals surface area contributed by atoms with Crippen molar-refractivity contribution in [2.75, 3.05) is 7.11 Å². The van der Waals surface area contributed by atoms with Crippen LogP contribution < -0.4 is 4.74 Å². The van der Waals surface area contributed by atoms with Crippen LogP contribution in [0.3, 0.4) is 0 Å². The summed E-state index contributed by atoms with van der Waals surface area (Å²) in [6.07, 6.45) is 0.949. The molecule has 2 N–H and O–H groups in total. The molecule has 1 heterocycles. The van der Waals surface area contributed by atoms with Gasteiger partial charge in [0.25, 0.3) is 0 Å². The molecule has 1 aliphatic heterocycles. The molecular formula is C22H26O6. The van der Waals surface area contributed by atoms with Crippen molar-refractivity contribution in [3.05, 3.63) is 45.7 Å². The molecule has 1 aromatic carbocycles. The van der Waals surface area contributed by atoms with Crippen molar-refractivity contribution in [3.8, 4) is 11.5 Å². The Morgan fingerprint density at radius 1 is 1.36 bits per heavy atom. The van der Waals surface area contributed by atoms with Gasteiger partial charge >= 0.3 is 0 Å². The quantitative estimate of drug-likeness (QED) is 0.770. The molecule has 6 heteroatoms. The highest BCUT2D eigenvalue weighted by Gasteiger charge is 2.52. The number of allylic oxidation sites excluding steroid dienone is 3. The maximum Gasteiger partial charge on any atom is 0.228 e. The van der Waals surface area contributed by atoms with Gasteiger partial charge in [0.15, 0.2) is 11.5 Å². The Morgan fingerprint density at radius 3 is 2.57 bits per heavy atom. The predicted octanol–water partition coefficient (Wildman–Crippen LogP) is 3.45. The number of aliphatic hydroxyl groups excluding tert-OH is 1. The zero-order chi connectivity index (χ0) is 21.0. The Morgan fingerprint density at radius 2 is 2.00 bits per heavy atom. The largest absolute Gasteiger partial charge is 0.507 e. The van der Waals surface area contributed by atoms with Crippen LogP contribution in [0.4, 0.5) is 0 Å². The van der Waals surface area contributed by atoms with Crippen LogP contribution in [-0.2, 0) is 10.2 Å². The average molecular weight is 386 g/mol. The first-order chi connectivity index (χ1) is 13.0. The van der Waals surface area contributed by atoms with Crippen LogP contribution in [0.2, 0.25) is 0 Å². The lowest BCUT2D eigenvalue weighted by atomic mass is 9.71. The van der Waals surface area contributed by atoms with E-state index >= 15 is 0 Å². The number of hydrogen-bond donors (Lipinski definition) is 2. The third kappa shape index (κ3) is 2.66. The van der Waals surface area contributed by atoms with E-state index in [9.17, 15) is 19.8 Å². The number of aromatic hydroxyl groups is 1. The lowest BCUT2D eigenvalue weighted by molar-refractivity contribution is 0.0391. The third-order valence-electron chi connectivity index (χ3n) is 5.94. The Hall–Kier alpha value is -2.60. The van der Waals surface area contributed by atoms with Crippen LogP contribution in [0, 0.1) is 0 Å². The zero-order valence-corrected chi connectivity index (χ0v) is 17.0. The molecule has 3 atom stereocenters. The van der Waals surface area contributed by atoms with Gasteiger partial charge in [-0.1, -0.05) is 11.6 Å². The molecule has 2 unspecified atom stereocenters. The van der Waals surface area contributed by atoms with E-state index in [2.05, 4.69) is 0 Å². The van der Waals surface area contributed by atoms with E-state index in [1.165, 1.54) is 20.1 Å². The predicted molar refractivity (Wildman–Crippen MR) is 104 cm³/mol. The number of ketones is 2. The van der Waals surface area contributed by atoms with Gasteiger partial charge in [-0.2, -0.15) is 0 Å². The molecule has 0 saturated carbocycles. The first-order valence-electron chi connectivity index (χ1n) is 9.28. The molecule has 0 bridgehead atoms. The van der Waals surface area contributed by atoms with Gasteiger partial charge in [-0.05, 0) is 47.1 Å². The number of fused-ring (bicyclic) bond motifs is 3. The van der Waals surface area contributed by atoms with Gasteiger partial charge in [-0.25, -0.2) is 0 Å². The molecule has 6 nitrogen and oxygen atoms in total. The van der Waals surface area contributed by atoms with Gasteiger partial charge < -0.3 is 19.7 Å². The number of carbonyl (C=O) groups excluding carboxylic acids is 2. The van der Waals surface area contributed by atoms with Gasteiger partial charge in [-0.3, -0.25) is 9.59 Å². The fourth-order valence-corrected chi connectivity index (χ4v) is 4.05. The second kappa shape index (κ2) is 6.78. The van der Waals surface area contributed by atoms with Crippen LogP contribution in [0.15, 0.2) is 29.0 Å². The Balaban J connectivity index is 2.22. The lowest BCUT2D eigenvalue weighted by Crippen LogP contribution is -2.43. The summed E-state index contributed by atoms with van der Waals surface area (Å²) in [6, 6.07) is 1.28. The fourth-order valence-electron chi connectivity index (χ4n) is 4.05. The zero-order valence-electron chi connectivity index (χ0n) is 17.0. The highest BCUT2D eigenvalue weighted by molar-refractivity contribution is 6.27. The van der Waals surface area contributed by atoms with Crippen molar-refractivity contribution in [2.45, 2.75) is 58.7 Å². The topological polar surface area (TPSA) is 93.1 Å². The molecule has 0 amide bonds. The SMILES string of the molecule is COC1=C(C)C(=O)c2c(cc(O)c3c2OC(C)C3(C)[C@H](O)CC=C(C)C)C1=O. The Labute approximate surface area is 164 Å². The second-order valence-electron chi connectivity index (χ2n) is 7.91. The van der Waals surface area contributed by atoms with Crippen molar-refractivity contribution in [3.63, 3.8) is 0 Å². The molecule has 28 heavy (non-hydrogen) atoms. The smallest absolute Gasteiger partial charge is 0.228 e. The standard InChI is InChI=1S/C22H26O6/c1-10(2)7-8-15(24)22(5)12(4)28-21-16-13(9-14(23)17(21)22)19(26)20(27-6)11(3)18(16)25/h7,9,12,15,23-24H,8H2,1-6H3/t12?,15-,22?/m1/s1. The van der Waals surface area contributed by atoms with E-state index in [1.54, 1.807) is 13.8 Å². The summed E-state index contributed by atoms with van der Waals surface area (Å²) in [5.41, 5.74) is 0.868. The number of phenolic OH excluding ortho intramolecular Hbond substituents is 1. The fraction of sp³-hybridized carbons (Fsp3) is 0.455. The molecule has 150 valence electrons. The lowest BCUT2D eigenvalue weighted by Gasteiger charge is -2.33. The normalized spacial score (nSPS) is 24.5. The number of carbonyl (C=O) groups is 2. The molecule has 0 radical (unpaired) electrons. The van der Waals surface area contributed by atoms with Gasteiger partial charge in [0.05, 0.1) is 24.2 Å². The molecule has 0 spiro atoms. The minimum Gasteiger partial charge on any atom is -0.507 e. The van der Waals surface area contributed by atoms with Crippen molar-refractivity contribution in [2.24, 2.45) is 0 Å². The summed E-state index contributed by atoms with van der Waals surface area (Å²) in [5.74, 6) is -0.878. The number of aliphatic hydroxyl groups is 1. The minimum absolute atomic E-state index is 0.0331. The van der Waals surface area contributed by atoms with E-state index in [1.807, 2.05) is 19.9 Å². The van der Waals surface area contributed by atoms with Gasteiger partial charge in [0.2, 0.25) is 5.78 Å². The average Bonchev–Trinajstić information content (AvgIpc) is 2.90. The highest BCUT2D eigenvalue weighted by atomic mass is 16.5. The number of methoxy groups -OCH3 is 1. The van der Waals surface area contributed by atoms with Gasteiger partial charge in [0, 0.05) is 16.7 Å². The summed E-state index contributed by atoms with van der Waals surface area (Å²) < 4.78 is 11.1. The van der Waals surface area contributed by atoms with E-state index in [-0.39, 0.29) is 39.7 Å². The molecular weight excluding hydrogens is 360 g/mol. The van der Waals surface area contributed by atoms with Crippen LogP contribution in [0.25, 0.3) is 0 Å². The number of rotatable bonds is 4. The Bertz CT molecular complexity index is 935. The molecule has 1 aliphatic carbocycles. The van der Waals surface area contributed by atoms with E-state index < -0.39 is 23.4 Å². The highest BCUT2D eigenvalue weighted by Crippen LogP contribution is 2.53. The summed E-state index contributed by atoms with van der Waals surface area (Å²) in [5, 5.41) is 21.7. The number of hydrogen-bond acceptors (Lipinski definition) is 6. The first-order valence-corrected chi connectivity index (χ1v) is 9.28. The Kier molecular flexibility index (Phi) is 4.88. The molecule has 3 rings (SSSR count). The monoisotopic (exact) mass is 386 g/mol. The summed E-state index contributed by atoms with van der Waals surface area (Å²) in [7, 11) is 1.33. The maximum atomic E-state index is 13.0. The van der Waals surface area contributed by atoms with Gasteiger partial charge in [0.1, 0.15) is 17.6 Å². The summed E-state index contributed by atoms with van der Waals surface area (Å²) >= 11 is 0. The van der Waals surface area contributed by atoms with Crippen LogP contribution in [-0.4, -0.2) is 41.1 Å². The second-order valence-corrected chi connectivity index (χ2v) is 7.91. The van der Waals surface area contributed by atoms with Crippen molar-refractivity contribution in [1.82, 2.24) is 0 Å². The van der Waals surface area contributed by atoms with E-state index in [0.717, 1.165) is 5.57 Å². The van der Waals surface area contributed by atoms with Crippen molar-refractivity contribution < 1.29 is 29.3 Å². The van der Waals surface area contributed by atoms with Crippen LogP contribution in [0.5, 0.6) is 11.5 Å². The number of benzene rings is 1. The number of phenols is 1. The summed E-state index contributed by atoms with van der Waals surface area (Å²) in [6.45, 7) is 9.01. The van der Waals surface area contributed by atoms with Crippen molar-refractivity contribution >= 4 is 11.6 Å². The molecule has 0 fully saturated rings. The molecule has 1 aromatic rings. The van der Waals surface area contributed by atoms with E-state index in [0.29, 0.717) is 12.0 Å².